The average molecular weight is 258 g/mol. The molecule has 0 unspecified atom stereocenters. The van der Waals surface area contributed by atoms with E-state index < -0.39 is 0 Å². The van der Waals surface area contributed by atoms with Gasteiger partial charge < -0.3 is 10.7 Å². The lowest BCUT2D eigenvalue weighted by molar-refractivity contribution is 0.0105. The summed E-state index contributed by atoms with van der Waals surface area (Å²) in [6, 6.07) is 5.95. The predicted molar refractivity (Wildman–Crippen MR) is 76.6 cm³/mol. The smallest absolute Gasteiger partial charge is 0.142 e. The molecule has 1 aromatic rings. The number of nitrogens with one attached hydrogen (secondary N) is 2. The summed E-state index contributed by atoms with van der Waals surface area (Å²) >= 11 is 0. The van der Waals surface area contributed by atoms with Crippen LogP contribution in [0.1, 0.15) is 38.5 Å². The van der Waals surface area contributed by atoms with Crippen LogP contribution in [0, 0.1) is 17.8 Å². The third-order valence-electron chi connectivity index (χ3n) is 5.33. The fourth-order valence-electron chi connectivity index (χ4n) is 5.12. The largest absolute Gasteiger partial charge is 0.365 e. The quantitative estimate of drug-likeness (QED) is 0.576. The van der Waals surface area contributed by atoms with Gasteiger partial charge in [0.1, 0.15) is 11.6 Å². The molecule has 0 saturated heterocycles. The Kier molecular flexibility index (Phi) is 2.49. The molecule has 4 heteroatoms. The molecule has 4 fully saturated rings. The lowest BCUT2D eigenvalue weighted by Crippen LogP contribution is -2.54. The zero-order valence-electron chi connectivity index (χ0n) is 11.2. The number of hydrazine groups is 1. The van der Waals surface area contributed by atoms with E-state index in [2.05, 4.69) is 21.8 Å². The molecule has 4 saturated carbocycles. The van der Waals surface area contributed by atoms with Crippen LogP contribution in [0.5, 0.6) is 0 Å². The van der Waals surface area contributed by atoms with E-state index in [0.29, 0.717) is 5.54 Å². The molecule has 4 bridgehead atoms. The molecule has 0 aromatic carbocycles. The molecule has 0 amide bonds. The van der Waals surface area contributed by atoms with Crippen LogP contribution >= 0.6 is 0 Å². The van der Waals surface area contributed by atoms with Gasteiger partial charge in [-0.2, -0.15) is 0 Å². The van der Waals surface area contributed by atoms with Crippen molar-refractivity contribution < 1.29 is 0 Å². The highest BCUT2D eigenvalue weighted by atomic mass is 15.3. The molecular weight excluding hydrogens is 236 g/mol. The van der Waals surface area contributed by atoms with Gasteiger partial charge in [0.2, 0.25) is 0 Å². The first-order valence-electron chi connectivity index (χ1n) is 7.46. The van der Waals surface area contributed by atoms with Gasteiger partial charge in [-0.25, -0.2) is 10.8 Å². The molecule has 0 aliphatic heterocycles. The number of hydrogen-bond donors (Lipinski definition) is 3. The normalized spacial score (nSPS) is 39.3. The fraction of sp³-hybridized carbons (Fsp3) is 0.667. The number of anilines is 2. The molecule has 4 N–H and O–H groups in total. The van der Waals surface area contributed by atoms with Gasteiger partial charge in [-0.05, 0) is 68.4 Å². The highest BCUT2D eigenvalue weighted by Crippen LogP contribution is 2.56. The van der Waals surface area contributed by atoms with Crippen molar-refractivity contribution >= 4 is 11.6 Å². The molecule has 4 aliphatic rings. The summed E-state index contributed by atoms with van der Waals surface area (Å²) in [7, 11) is 0. The minimum atomic E-state index is 0.314. The number of hydrogen-bond acceptors (Lipinski definition) is 4. The van der Waals surface area contributed by atoms with Crippen molar-refractivity contribution in [1.29, 1.82) is 0 Å². The van der Waals surface area contributed by atoms with Gasteiger partial charge in [-0.15, -0.1) is 0 Å². The fourth-order valence-corrected chi connectivity index (χ4v) is 5.12. The van der Waals surface area contributed by atoms with Crippen molar-refractivity contribution in [3.8, 4) is 0 Å². The van der Waals surface area contributed by atoms with E-state index in [1.807, 2.05) is 12.1 Å². The highest BCUT2D eigenvalue weighted by Gasteiger charge is 2.50. The Hall–Kier alpha value is -1.29. The summed E-state index contributed by atoms with van der Waals surface area (Å²) in [4.78, 5) is 4.52. The van der Waals surface area contributed by atoms with E-state index in [1.165, 1.54) is 38.5 Å². The standard InChI is InChI=1S/C15H22N4/c16-19-14-3-1-2-13(17-14)18-15-7-10-4-11(8-15)6-12(5-10)9-15/h1-3,10-12H,4-9,16H2,(H2,17,18,19). The number of nitrogens with two attached hydrogens (primary N) is 1. The maximum absolute atomic E-state index is 5.44. The molecule has 4 aliphatic carbocycles. The topological polar surface area (TPSA) is 63.0 Å². The molecule has 102 valence electrons. The molecule has 0 radical (unpaired) electrons. The zero-order valence-corrected chi connectivity index (χ0v) is 11.2. The lowest BCUT2D eigenvalue weighted by Gasteiger charge is -2.57. The highest BCUT2D eigenvalue weighted by molar-refractivity contribution is 5.46. The molecule has 1 heterocycles. The van der Waals surface area contributed by atoms with Crippen molar-refractivity contribution in [1.82, 2.24) is 4.98 Å². The monoisotopic (exact) mass is 258 g/mol. The van der Waals surface area contributed by atoms with E-state index >= 15 is 0 Å². The SMILES string of the molecule is NNc1cccc(NC23CC4CC(CC(C4)C2)C3)n1. The van der Waals surface area contributed by atoms with E-state index in [1.54, 1.807) is 0 Å². The Morgan fingerprint density at radius 3 is 2.16 bits per heavy atom. The summed E-state index contributed by atoms with van der Waals surface area (Å²) in [5, 5.41) is 3.75. The summed E-state index contributed by atoms with van der Waals surface area (Å²) in [5.74, 6) is 10.0. The van der Waals surface area contributed by atoms with Crippen molar-refractivity contribution in [2.45, 2.75) is 44.1 Å². The van der Waals surface area contributed by atoms with Crippen molar-refractivity contribution in [2.75, 3.05) is 10.7 Å². The number of aromatic nitrogens is 1. The Balaban J connectivity index is 1.58. The molecule has 1 aromatic heterocycles. The van der Waals surface area contributed by atoms with Gasteiger partial charge in [0.05, 0.1) is 0 Å². The Morgan fingerprint density at radius 2 is 1.58 bits per heavy atom. The van der Waals surface area contributed by atoms with Crippen LogP contribution < -0.4 is 16.6 Å². The number of pyridine rings is 1. The lowest BCUT2D eigenvalue weighted by atomic mass is 9.53. The zero-order chi connectivity index (χ0) is 12.9. The van der Waals surface area contributed by atoms with E-state index in [9.17, 15) is 0 Å². The van der Waals surface area contributed by atoms with Crippen LogP contribution in [0.3, 0.4) is 0 Å². The second-order valence-corrected chi connectivity index (χ2v) is 6.88. The van der Waals surface area contributed by atoms with E-state index in [0.717, 1.165) is 29.4 Å². The summed E-state index contributed by atoms with van der Waals surface area (Å²) in [5.41, 5.74) is 2.94. The number of nitrogens with zero attached hydrogens (tertiary/aromatic N) is 1. The van der Waals surface area contributed by atoms with Crippen LogP contribution in [0.4, 0.5) is 11.6 Å². The maximum Gasteiger partial charge on any atom is 0.142 e. The Morgan fingerprint density at radius 1 is 1.00 bits per heavy atom. The van der Waals surface area contributed by atoms with Crippen LogP contribution in [0.2, 0.25) is 0 Å². The first-order valence-corrected chi connectivity index (χ1v) is 7.46. The number of nitrogen functional groups attached to an aromatic ring is 1. The number of rotatable bonds is 3. The third-order valence-corrected chi connectivity index (χ3v) is 5.33. The first kappa shape index (κ1) is 11.5. The van der Waals surface area contributed by atoms with Crippen molar-refractivity contribution in [3.05, 3.63) is 18.2 Å². The van der Waals surface area contributed by atoms with Gasteiger partial charge in [0, 0.05) is 5.54 Å². The second kappa shape index (κ2) is 4.10. The summed E-state index contributed by atoms with van der Waals surface area (Å²) in [6.45, 7) is 0. The molecular formula is C15H22N4. The maximum atomic E-state index is 5.44. The second-order valence-electron chi connectivity index (χ2n) is 6.88. The van der Waals surface area contributed by atoms with Crippen LogP contribution in [-0.4, -0.2) is 10.5 Å². The molecule has 19 heavy (non-hydrogen) atoms. The van der Waals surface area contributed by atoms with Crippen LogP contribution in [0.15, 0.2) is 18.2 Å². The van der Waals surface area contributed by atoms with Gasteiger partial charge >= 0.3 is 0 Å². The van der Waals surface area contributed by atoms with E-state index in [4.69, 9.17) is 5.84 Å². The summed E-state index contributed by atoms with van der Waals surface area (Å²) < 4.78 is 0. The van der Waals surface area contributed by atoms with Gasteiger partial charge in [0.25, 0.3) is 0 Å². The predicted octanol–water partition coefficient (Wildman–Crippen LogP) is 2.75. The molecule has 0 spiro atoms. The Labute approximate surface area is 114 Å². The minimum Gasteiger partial charge on any atom is -0.365 e. The average Bonchev–Trinajstić information content (AvgIpc) is 2.36. The first-order chi connectivity index (χ1) is 9.25. The van der Waals surface area contributed by atoms with Crippen molar-refractivity contribution in [3.63, 3.8) is 0 Å². The van der Waals surface area contributed by atoms with Gasteiger partial charge in [-0.1, -0.05) is 6.07 Å². The third kappa shape index (κ3) is 1.98. The van der Waals surface area contributed by atoms with Gasteiger partial charge in [0.15, 0.2) is 0 Å². The minimum absolute atomic E-state index is 0.314. The molecule has 0 atom stereocenters. The molecule has 5 rings (SSSR count). The molecule has 4 nitrogen and oxygen atoms in total. The Bertz CT molecular complexity index is 450. The summed E-state index contributed by atoms with van der Waals surface area (Å²) in [6.07, 6.45) is 8.42. The van der Waals surface area contributed by atoms with Crippen LogP contribution in [-0.2, 0) is 0 Å². The van der Waals surface area contributed by atoms with Crippen molar-refractivity contribution in [2.24, 2.45) is 23.6 Å². The van der Waals surface area contributed by atoms with E-state index in [-0.39, 0.29) is 0 Å². The van der Waals surface area contributed by atoms with Crippen LogP contribution in [0.25, 0.3) is 0 Å². The van der Waals surface area contributed by atoms with Gasteiger partial charge in [-0.3, -0.25) is 0 Å².